The number of carbonyl (C=O) groups is 4. The third kappa shape index (κ3) is 26.2. The first-order valence-electron chi connectivity index (χ1n) is 25.6. The van der Waals surface area contributed by atoms with E-state index in [4.69, 9.17) is 9.47 Å². The SMILES string of the molecule is CCCCCCCC/C=C\CCCCCCCC(=O)N1CCc2c(sc(NC(=O)CCCCC(=O)OC(CCCCCC)CCCCCCCC)c2C(=O)OCCCN(C)C)C1. The van der Waals surface area contributed by atoms with Crippen molar-refractivity contribution < 1.29 is 28.7 Å². The Bertz CT molecular complexity index is 1380. The van der Waals surface area contributed by atoms with E-state index in [0.717, 1.165) is 68.4 Å². The summed E-state index contributed by atoms with van der Waals surface area (Å²) in [5.41, 5.74) is 1.33. The van der Waals surface area contributed by atoms with Gasteiger partial charge in [-0.15, -0.1) is 11.3 Å². The van der Waals surface area contributed by atoms with E-state index in [1.165, 1.54) is 120 Å². The predicted octanol–water partition coefficient (Wildman–Crippen LogP) is 13.9. The Kier molecular flexibility index (Phi) is 32.7. The molecule has 9 nitrogen and oxygen atoms in total. The average Bonchev–Trinajstić information content (AvgIpc) is 3.61. The van der Waals surface area contributed by atoms with Gasteiger partial charge >= 0.3 is 11.9 Å². The maximum Gasteiger partial charge on any atom is 0.341 e. The number of hydrogen-bond donors (Lipinski definition) is 1. The summed E-state index contributed by atoms with van der Waals surface area (Å²) in [6, 6.07) is 0. The molecule has 2 rings (SSSR count). The Morgan fingerprint density at radius 1 is 0.677 bits per heavy atom. The van der Waals surface area contributed by atoms with Gasteiger partial charge in [0.2, 0.25) is 11.8 Å². The topological polar surface area (TPSA) is 105 Å². The highest BCUT2D eigenvalue weighted by atomic mass is 32.1. The summed E-state index contributed by atoms with van der Waals surface area (Å²) >= 11 is 1.39. The Hall–Kier alpha value is -2.72. The highest BCUT2D eigenvalue weighted by molar-refractivity contribution is 7.17. The number of nitrogens with zero attached hydrogens (tertiary/aromatic N) is 2. The molecule has 2 amide bonds. The summed E-state index contributed by atoms with van der Waals surface area (Å²) in [6.07, 6.45) is 38.0. The number of esters is 2. The Balaban J connectivity index is 1.84. The summed E-state index contributed by atoms with van der Waals surface area (Å²) in [4.78, 5) is 57.9. The van der Waals surface area contributed by atoms with Gasteiger partial charge in [0.15, 0.2) is 0 Å². The van der Waals surface area contributed by atoms with E-state index >= 15 is 0 Å². The van der Waals surface area contributed by atoms with E-state index in [-0.39, 0.29) is 30.3 Å². The van der Waals surface area contributed by atoms with Gasteiger partial charge in [0.05, 0.1) is 18.7 Å². The zero-order valence-electron chi connectivity index (χ0n) is 40.4. The van der Waals surface area contributed by atoms with E-state index < -0.39 is 5.97 Å². The molecule has 0 spiro atoms. The molecule has 1 N–H and O–H groups in total. The first-order chi connectivity index (χ1) is 30.2. The molecule has 0 fully saturated rings. The fourth-order valence-electron chi connectivity index (χ4n) is 8.25. The van der Waals surface area contributed by atoms with E-state index in [1.807, 2.05) is 19.0 Å². The minimum Gasteiger partial charge on any atom is -0.462 e. The van der Waals surface area contributed by atoms with Crippen LogP contribution in [-0.4, -0.2) is 73.4 Å². The van der Waals surface area contributed by atoms with Crippen LogP contribution in [0.3, 0.4) is 0 Å². The number of unbranched alkanes of at least 4 members (excludes halogenated alkanes) is 20. The highest BCUT2D eigenvalue weighted by Gasteiger charge is 2.31. The number of allylic oxidation sites excluding steroid dienone is 2. The molecule has 1 aromatic heterocycles. The van der Waals surface area contributed by atoms with Crippen LogP contribution in [0.1, 0.15) is 241 Å². The summed E-state index contributed by atoms with van der Waals surface area (Å²) in [5, 5.41) is 3.53. The number of thiophene rings is 1. The van der Waals surface area contributed by atoms with Gasteiger partial charge in [-0.25, -0.2) is 4.79 Å². The van der Waals surface area contributed by atoms with Crippen LogP contribution in [0.25, 0.3) is 0 Å². The van der Waals surface area contributed by atoms with Gasteiger partial charge in [-0.2, -0.15) is 0 Å². The van der Waals surface area contributed by atoms with Gasteiger partial charge in [0.25, 0.3) is 0 Å². The normalized spacial score (nSPS) is 13.2. The maximum atomic E-state index is 13.5. The van der Waals surface area contributed by atoms with E-state index in [1.54, 1.807) is 0 Å². The number of anilines is 1. The maximum absolute atomic E-state index is 13.5. The van der Waals surface area contributed by atoms with Crippen LogP contribution >= 0.6 is 11.3 Å². The summed E-state index contributed by atoms with van der Waals surface area (Å²) in [6.45, 7) is 8.80. The molecule has 0 saturated heterocycles. The fraction of sp³-hybridized carbons (Fsp3) is 0.808. The lowest BCUT2D eigenvalue weighted by Crippen LogP contribution is -2.35. The van der Waals surface area contributed by atoms with Crippen LogP contribution in [0.5, 0.6) is 0 Å². The lowest BCUT2D eigenvalue weighted by atomic mass is 10.0. The standard InChI is InChI=1S/C52H91N3O6S/c1-6-9-12-15-17-18-19-20-21-22-23-24-25-27-30-37-48(57)55-41-39-45-46(43-55)62-51(50(45)52(59)60-42-33-40-54(4)5)53-47(56)36-31-32-38-49(58)61-44(34-28-14-11-8-3)35-29-26-16-13-10-7-2/h20-21,44H,6-19,22-43H2,1-5H3,(H,53,56)/b21-20-. The van der Waals surface area contributed by atoms with Crippen LogP contribution in [0.2, 0.25) is 0 Å². The smallest absolute Gasteiger partial charge is 0.341 e. The quantitative estimate of drug-likeness (QED) is 0.0399. The molecule has 1 aliphatic heterocycles. The lowest BCUT2D eigenvalue weighted by molar-refractivity contribution is -0.150. The number of amides is 2. The second-order valence-electron chi connectivity index (χ2n) is 18.2. The van der Waals surface area contributed by atoms with Crippen molar-refractivity contribution in [1.29, 1.82) is 0 Å². The van der Waals surface area contributed by atoms with Crippen LogP contribution in [0.15, 0.2) is 12.2 Å². The number of ether oxygens (including phenoxy) is 2. The van der Waals surface area contributed by atoms with Crippen molar-refractivity contribution in [2.45, 2.75) is 239 Å². The molecule has 0 aromatic carbocycles. The number of rotatable bonds is 39. The van der Waals surface area contributed by atoms with Crippen LogP contribution in [0.4, 0.5) is 5.00 Å². The fourth-order valence-corrected chi connectivity index (χ4v) is 9.51. The van der Waals surface area contributed by atoms with E-state index in [2.05, 4.69) is 43.1 Å². The minimum absolute atomic E-state index is 0.0158. The molecule has 0 aliphatic carbocycles. The second-order valence-corrected chi connectivity index (χ2v) is 19.3. The first kappa shape index (κ1) is 55.4. The number of fused-ring (bicyclic) bond motifs is 1. The minimum atomic E-state index is -0.419. The third-order valence-corrected chi connectivity index (χ3v) is 13.2. The monoisotopic (exact) mass is 886 g/mol. The van der Waals surface area contributed by atoms with Crippen LogP contribution < -0.4 is 5.32 Å². The van der Waals surface area contributed by atoms with Crippen molar-refractivity contribution in [3.8, 4) is 0 Å². The van der Waals surface area contributed by atoms with E-state index in [0.29, 0.717) is 68.8 Å². The molecular weight excluding hydrogens is 795 g/mol. The van der Waals surface area contributed by atoms with Crippen molar-refractivity contribution in [3.05, 3.63) is 28.2 Å². The Morgan fingerprint density at radius 2 is 1.21 bits per heavy atom. The number of carbonyl (C=O) groups excluding carboxylic acids is 4. The van der Waals surface area contributed by atoms with Crippen molar-refractivity contribution in [1.82, 2.24) is 9.80 Å². The molecule has 1 atom stereocenters. The van der Waals surface area contributed by atoms with Gasteiger partial charge in [-0.05, 0) is 103 Å². The molecule has 2 heterocycles. The van der Waals surface area contributed by atoms with Crippen molar-refractivity contribution >= 4 is 40.1 Å². The van der Waals surface area contributed by atoms with Gasteiger partial charge in [0, 0.05) is 37.2 Å². The molecular formula is C52H91N3O6S. The van der Waals surface area contributed by atoms with Crippen LogP contribution in [0, 0.1) is 0 Å². The third-order valence-electron chi connectivity index (χ3n) is 12.1. The van der Waals surface area contributed by atoms with Crippen molar-refractivity contribution in [3.63, 3.8) is 0 Å². The summed E-state index contributed by atoms with van der Waals surface area (Å²) in [5.74, 6) is -0.618. The Morgan fingerprint density at radius 3 is 1.82 bits per heavy atom. The molecule has 0 saturated carbocycles. The second kappa shape index (κ2) is 36.6. The first-order valence-corrected chi connectivity index (χ1v) is 26.4. The summed E-state index contributed by atoms with van der Waals surface area (Å²) < 4.78 is 11.7. The van der Waals surface area contributed by atoms with Gasteiger partial charge < -0.3 is 24.6 Å². The molecule has 356 valence electrons. The zero-order valence-corrected chi connectivity index (χ0v) is 41.3. The predicted molar refractivity (Wildman–Crippen MR) is 260 cm³/mol. The number of hydrogen-bond acceptors (Lipinski definition) is 8. The highest BCUT2D eigenvalue weighted by Crippen LogP contribution is 2.38. The molecule has 1 aliphatic rings. The molecule has 10 heteroatoms. The molecule has 0 radical (unpaired) electrons. The van der Waals surface area contributed by atoms with Crippen LogP contribution in [-0.2, 0) is 36.8 Å². The Labute approximate surface area is 383 Å². The van der Waals surface area contributed by atoms with Crippen molar-refractivity contribution in [2.24, 2.45) is 0 Å². The average molecular weight is 886 g/mol. The van der Waals surface area contributed by atoms with Gasteiger partial charge in [0.1, 0.15) is 11.1 Å². The molecule has 1 unspecified atom stereocenters. The molecule has 62 heavy (non-hydrogen) atoms. The number of nitrogens with one attached hydrogen (secondary N) is 1. The molecule has 1 aromatic rings. The van der Waals surface area contributed by atoms with Gasteiger partial charge in [-0.1, -0.05) is 136 Å². The largest absolute Gasteiger partial charge is 0.462 e. The van der Waals surface area contributed by atoms with Gasteiger partial charge in [-0.3, -0.25) is 14.4 Å². The summed E-state index contributed by atoms with van der Waals surface area (Å²) in [7, 11) is 3.98. The molecule has 0 bridgehead atoms. The van der Waals surface area contributed by atoms with Crippen molar-refractivity contribution in [2.75, 3.05) is 39.1 Å². The van der Waals surface area contributed by atoms with E-state index in [9.17, 15) is 19.2 Å². The lowest BCUT2D eigenvalue weighted by Gasteiger charge is -2.27. The zero-order chi connectivity index (χ0) is 45.0.